The Kier molecular flexibility index (Phi) is 3.84. The lowest BCUT2D eigenvalue weighted by molar-refractivity contribution is -0.383. The summed E-state index contributed by atoms with van der Waals surface area (Å²) in [7, 11) is 0. The van der Waals surface area contributed by atoms with Crippen LogP contribution in [-0.4, -0.2) is 23.3 Å². The number of amides is 2. The standard InChI is InChI=1S/C20H14N2O5/c1-2-27-13-8-6-12(7-9-13)21-19(23)16-11-10-14-15(18(16)20(21)24)4-3-5-17(14)22(25)26/h3-11H,2H2,1H3. The summed E-state index contributed by atoms with van der Waals surface area (Å²) in [5, 5.41) is 12.0. The van der Waals surface area contributed by atoms with E-state index >= 15 is 0 Å². The van der Waals surface area contributed by atoms with E-state index in [2.05, 4.69) is 0 Å². The van der Waals surface area contributed by atoms with Gasteiger partial charge in [-0.05, 0) is 43.3 Å². The van der Waals surface area contributed by atoms with Crippen LogP contribution in [0.25, 0.3) is 10.8 Å². The summed E-state index contributed by atoms with van der Waals surface area (Å²) in [4.78, 5) is 37.7. The van der Waals surface area contributed by atoms with E-state index in [1.54, 1.807) is 30.3 Å². The van der Waals surface area contributed by atoms with Crippen molar-refractivity contribution in [2.45, 2.75) is 6.92 Å². The number of hydrogen-bond donors (Lipinski definition) is 0. The third-order valence-corrected chi connectivity index (χ3v) is 4.49. The van der Waals surface area contributed by atoms with Crippen LogP contribution in [0.2, 0.25) is 0 Å². The summed E-state index contributed by atoms with van der Waals surface area (Å²) < 4.78 is 5.38. The van der Waals surface area contributed by atoms with Crippen LogP contribution in [-0.2, 0) is 0 Å². The first kappa shape index (κ1) is 16.7. The second-order valence-corrected chi connectivity index (χ2v) is 5.99. The number of fused-ring (bicyclic) bond motifs is 3. The maximum absolute atomic E-state index is 13.0. The Morgan fingerprint density at radius 3 is 2.37 bits per heavy atom. The van der Waals surface area contributed by atoms with Gasteiger partial charge in [0.1, 0.15) is 5.75 Å². The van der Waals surface area contributed by atoms with E-state index in [9.17, 15) is 19.7 Å². The molecule has 134 valence electrons. The van der Waals surface area contributed by atoms with Crippen LogP contribution in [0.4, 0.5) is 11.4 Å². The summed E-state index contributed by atoms with van der Waals surface area (Å²) in [6, 6.07) is 14.1. The zero-order valence-electron chi connectivity index (χ0n) is 14.3. The van der Waals surface area contributed by atoms with Gasteiger partial charge in [-0.3, -0.25) is 19.7 Å². The first-order chi connectivity index (χ1) is 13.0. The third-order valence-electron chi connectivity index (χ3n) is 4.49. The molecule has 0 saturated heterocycles. The van der Waals surface area contributed by atoms with E-state index in [-0.39, 0.29) is 16.8 Å². The minimum absolute atomic E-state index is 0.102. The molecular weight excluding hydrogens is 348 g/mol. The molecular formula is C20H14N2O5. The van der Waals surface area contributed by atoms with Crippen LogP contribution in [0.15, 0.2) is 54.6 Å². The lowest BCUT2D eigenvalue weighted by atomic mass is 9.99. The Hall–Kier alpha value is -3.74. The fourth-order valence-corrected chi connectivity index (χ4v) is 3.33. The number of hydrogen-bond acceptors (Lipinski definition) is 5. The van der Waals surface area contributed by atoms with Crippen molar-refractivity contribution < 1.29 is 19.2 Å². The molecule has 0 fully saturated rings. The van der Waals surface area contributed by atoms with Gasteiger partial charge in [-0.25, -0.2) is 4.90 Å². The molecule has 0 radical (unpaired) electrons. The average molecular weight is 362 g/mol. The molecule has 0 bridgehead atoms. The number of rotatable bonds is 4. The van der Waals surface area contributed by atoms with Gasteiger partial charge in [0.2, 0.25) is 0 Å². The van der Waals surface area contributed by atoms with Gasteiger partial charge in [-0.1, -0.05) is 12.1 Å². The zero-order valence-corrected chi connectivity index (χ0v) is 14.3. The van der Waals surface area contributed by atoms with Crippen molar-refractivity contribution in [1.82, 2.24) is 0 Å². The normalized spacial score (nSPS) is 13.1. The van der Waals surface area contributed by atoms with Gasteiger partial charge in [0.25, 0.3) is 17.5 Å². The zero-order chi connectivity index (χ0) is 19.1. The van der Waals surface area contributed by atoms with Crippen LogP contribution >= 0.6 is 0 Å². The van der Waals surface area contributed by atoms with Gasteiger partial charge >= 0.3 is 0 Å². The number of non-ortho nitro benzene ring substituents is 1. The number of carbonyl (C=O) groups excluding carboxylic acids is 2. The summed E-state index contributed by atoms with van der Waals surface area (Å²) in [6.07, 6.45) is 0. The molecule has 1 aliphatic rings. The molecule has 4 rings (SSSR count). The highest BCUT2D eigenvalue weighted by atomic mass is 16.6. The molecule has 3 aromatic carbocycles. The summed E-state index contributed by atoms with van der Waals surface area (Å²) in [5.74, 6) is -0.309. The molecule has 3 aromatic rings. The lowest BCUT2D eigenvalue weighted by Gasteiger charge is -2.14. The molecule has 0 atom stereocenters. The monoisotopic (exact) mass is 362 g/mol. The Morgan fingerprint density at radius 2 is 1.70 bits per heavy atom. The predicted molar refractivity (Wildman–Crippen MR) is 99.4 cm³/mol. The number of benzene rings is 3. The molecule has 1 aliphatic heterocycles. The number of ether oxygens (including phenoxy) is 1. The number of imide groups is 1. The van der Waals surface area contributed by atoms with Crippen molar-refractivity contribution in [3.8, 4) is 5.75 Å². The van der Waals surface area contributed by atoms with E-state index < -0.39 is 16.7 Å². The number of nitrogens with zero attached hydrogens (tertiary/aromatic N) is 2. The highest BCUT2D eigenvalue weighted by Crippen LogP contribution is 2.36. The Labute approximate surface area is 153 Å². The van der Waals surface area contributed by atoms with Crippen molar-refractivity contribution in [1.29, 1.82) is 0 Å². The molecule has 7 nitrogen and oxygen atoms in total. The molecule has 1 heterocycles. The van der Waals surface area contributed by atoms with Crippen molar-refractivity contribution in [2.75, 3.05) is 11.5 Å². The summed E-state index contributed by atoms with van der Waals surface area (Å²) >= 11 is 0. The summed E-state index contributed by atoms with van der Waals surface area (Å²) in [5.41, 5.74) is 0.746. The number of nitro groups is 1. The topological polar surface area (TPSA) is 89.8 Å². The van der Waals surface area contributed by atoms with E-state index in [1.165, 1.54) is 24.3 Å². The number of carbonyl (C=O) groups is 2. The molecule has 2 amide bonds. The van der Waals surface area contributed by atoms with Crippen LogP contribution < -0.4 is 9.64 Å². The van der Waals surface area contributed by atoms with Crippen LogP contribution in [0.5, 0.6) is 5.75 Å². The molecule has 0 unspecified atom stereocenters. The van der Waals surface area contributed by atoms with Gasteiger partial charge in [-0.15, -0.1) is 0 Å². The summed E-state index contributed by atoms with van der Waals surface area (Å²) in [6.45, 7) is 2.37. The third kappa shape index (κ3) is 2.52. The fraction of sp³-hybridized carbons (Fsp3) is 0.100. The lowest BCUT2D eigenvalue weighted by Crippen LogP contribution is -2.29. The molecule has 0 N–H and O–H groups in total. The van der Waals surface area contributed by atoms with Crippen LogP contribution in [0, 0.1) is 10.1 Å². The van der Waals surface area contributed by atoms with E-state index in [0.29, 0.717) is 28.8 Å². The quantitative estimate of drug-likeness (QED) is 0.398. The molecule has 0 aliphatic carbocycles. The first-order valence-corrected chi connectivity index (χ1v) is 8.34. The van der Waals surface area contributed by atoms with Crippen molar-refractivity contribution in [2.24, 2.45) is 0 Å². The van der Waals surface area contributed by atoms with Gasteiger partial charge in [0, 0.05) is 11.5 Å². The van der Waals surface area contributed by atoms with Crippen molar-refractivity contribution in [3.05, 3.63) is 75.8 Å². The van der Waals surface area contributed by atoms with Gasteiger partial charge in [0.05, 0.1) is 33.7 Å². The molecule has 0 saturated carbocycles. The Bertz CT molecular complexity index is 1110. The molecule has 0 aromatic heterocycles. The van der Waals surface area contributed by atoms with Gasteiger partial charge in [0.15, 0.2) is 0 Å². The first-order valence-electron chi connectivity index (χ1n) is 8.34. The second kappa shape index (κ2) is 6.21. The fourth-order valence-electron chi connectivity index (χ4n) is 3.33. The molecule has 27 heavy (non-hydrogen) atoms. The van der Waals surface area contributed by atoms with Gasteiger partial charge < -0.3 is 4.74 Å². The minimum atomic E-state index is -0.500. The van der Waals surface area contributed by atoms with Gasteiger partial charge in [-0.2, -0.15) is 0 Å². The van der Waals surface area contributed by atoms with E-state index in [0.717, 1.165) is 4.90 Å². The second-order valence-electron chi connectivity index (χ2n) is 5.99. The molecule has 0 spiro atoms. The van der Waals surface area contributed by atoms with Crippen molar-refractivity contribution in [3.63, 3.8) is 0 Å². The Balaban J connectivity index is 1.84. The molecule has 7 heteroatoms. The van der Waals surface area contributed by atoms with E-state index in [4.69, 9.17) is 4.74 Å². The smallest absolute Gasteiger partial charge is 0.277 e. The van der Waals surface area contributed by atoms with Crippen molar-refractivity contribution >= 4 is 34.0 Å². The SMILES string of the molecule is CCOc1ccc(N2C(=O)c3ccc4c([N+](=O)[O-])cccc4c3C2=O)cc1. The largest absolute Gasteiger partial charge is 0.494 e. The highest BCUT2D eigenvalue weighted by Gasteiger charge is 2.38. The van der Waals surface area contributed by atoms with E-state index in [1.807, 2.05) is 6.92 Å². The van der Waals surface area contributed by atoms with Crippen LogP contribution in [0.3, 0.4) is 0 Å². The maximum atomic E-state index is 13.0. The highest BCUT2D eigenvalue weighted by molar-refractivity contribution is 6.37. The Morgan fingerprint density at radius 1 is 0.963 bits per heavy atom. The van der Waals surface area contributed by atoms with Crippen LogP contribution in [0.1, 0.15) is 27.6 Å². The predicted octanol–water partition coefficient (Wildman–Crippen LogP) is 3.95. The minimum Gasteiger partial charge on any atom is -0.494 e. The average Bonchev–Trinajstić information content (AvgIpc) is 2.93. The number of nitro benzene ring substituents is 1. The maximum Gasteiger partial charge on any atom is 0.277 e. The number of anilines is 1.